The van der Waals surface area contributed by atoms with Crippen LogP contribution in [0.3, 0.4) is 0 Å². The number of rotatable bonds is 5. The predicted molar refractivity (Wildman–Crippen MR) is 114 cm³/mol. The lowest BCUT2D eigenvalue weighted by molar-refractivity contribution is -0.123. The summed E-state index contributed by atoms with van der Waals surface area (Å²) in [5, 5.41) is 7.00. The van der Waals surface area contributed by atoms with Crippen LogP contribution in [0.15, 0.2) is 48.7 Å². The maximum absolute atomic E-state index is 12.7. The summed E-state index contributed by atoms with van der Waals surface area (Å²) in [5.74, 6) is -0.317. The second kappa shape index (κ2) is 7.89. The lowest BCUT2D eigenvalue weighted by Gasteiger charge is -2.19. The van der Waals surface area contributed by atoms with Crippen LogP contribution in [-0.4, -0.2) is 23.3 Å². The number of para-hydroxylation sites is 1. The number of carbonyl (C=O) groups is 2. The van der Waals surface area contributed by atoms with Gasteiger partial charge in [0, 0.05) is 29.1 Å². The third-order valence-corrected chi connectivity index (χ3v) is 4.70. The number of aromatic nitrogens is 1. The van der Waals surface area contributed by atoms with Crippen molar-refractivity contribution in [2.75, 3.05) is 11.9 Å². The van der Waals surface area contributed by atoms with Crippen LogP contribution in [0.4, 0.5) is 5.69 Å². The van der Waals surface area contributed by atoms with Gasteiger partial charge in [-0.15, -0.1) is 0 Å². The van der Waals surface area contributed by atoms with Crippen molar-refractivity contribution in [2.24, 2.45) is 5.41 Å². The molecule has 0 aliphatic heterocycles. The van der Waals surface area contributed by atoms with Crippen molar-refractivity contribution in [2.45, 2.75) is 34.1 Å². The van der Waals surface area contributed by atoms with Gasteiger partial charge in [0.2, 0.25) is 5.91 Å². The highest BCUT2D eigenvalue weighted by atomic mass is 16.2. The third kappa shape index (κ3) is 4.42. The Labute approximate surface area is 165 Å². The third-order valence-electron chi connectivity index (χ3n) is 4.70. The molecule has 0 aliphatic carbocycles. The second-order valence-corrected chi connectivity index (χ2v) is 8.12. The Morgan fingerprint density at radius 2 is 1.82 bits per heavy atom. The van der Waals surface area contributed by atoms with Gasteiger partial charge in [-0.25, -0.2) is 0 Å². The van der Waals surface area contributed by atoms with Crippen molar-refractivity contribution < 1.29 is 9.59 Å². The van der Waals surface area contributed by atoms with Gasteiger partial charge in [0.25, 0.3) is 5.91 Å². The summed E-state index contributed by atoms with van der Waals surface area (Å²) in [5.41, 5.74) is 3.96. The lowest BCUT2D eigenvalue weighted by atomic mass is 9.95. The number of hydrogen-bond donors (Lipinski definition) is 3. The molecule has 0 unspecified atom stereocenters. The smallest absolute Gasteiger partial charge is 0.253 e. The summed E-state index contributed by atoms with van der Waals surface area (Å²) in [6, 6.07) is 13.4. The van der Waals surface area contributed by atoms with E-state index in [4.69, 9.17) is 0 Å². The summed E-state index contributed by atoms with van der Waals surface area (Å²) < 4.78 is 0. The lowest BCUT2D eigenvalue weighted by Crippen LogP contribution is -2.30. The zero-order valence-electron chi connectivity index (χ0n) is 16.8. The molecule has 146 valence electrons. The van der Waals surface area contributed by atoms with Crippen LogP contribution in [0.5, 0.6) is 0 Å². The van der Waals surface area contributed by atoms with Gasteiger partial charge in [0.1, 0.15) is 0 Å². The normalized spacial score (nSPS) is 11.4. The molecular formula is C23H27N3O2. The Kier molecular flexibility index (Phi) is 5.54. The van der Waals surface area contributed by atoms with E-state index >= 15 is 0 Å². The van der Waals surface area contributed by atoms with Gasteiger partial charge in [-0.1, -0.05) is 45.0 Å². The Morgan fingerprint density at radius 1 is 1.07 bits per heavy atom. The van der Waals surface area contributed by atoms with E-state index in [1.54, 1.807) is 18.2 Å². The Morgan fingerprint density at radius 3 is 2.57 bits per heavy atom. The molecule has 0 saturated heterocycles. The fourth-order valence-electron chi connectivity index (χ4n) is 3.01. The number of anilines is 1. The van der Waals surface area contributed by atoms with Crippen LogP contribution in [0.1, 0.15) is 42.3 Å². The molecule has 0 atom stereocenters. The van der Waals surface area contributed by atoms with E-state index in [1.165, 1.54) is 16.5 Å². The van der Waals surface area contributed by atoms with Crippen molar-refractivity contribution >= 4 is 28.4 Å². The molecule has 3 aromatic rings. The van der Waals surface area contributed by atoms with Crippen LogP contribution in [-0.2, 0) is 11.2 Å². The molecule has 0 radical (unpaired) electrons. The minimum Gasteiger partial charge on any atom is -0.361 e. The Bertz CT molecular complexity index is 1010. The van der Waals surface area contributed by atoms with Crippen LogP contribution in [0, 0.1) is 12.3 Å². The number of H-pyrrole nitrogens is 1. The van der Waals surface area contributed by atoms with Crippen molar-refractivity contribution in [3.63, 3.8) is 0 Å². The maximum Gasteiger partial charge on any atom is 0.253 e. The highest BCUT2D eigenvalue weighted by Crippen LogP contribution is 2.21. The number of nitrogens with one attached hydrogen (secondary N) is 3. The summed E-state index contributed by atoms with van der Waals surface area (Å²) >= 11 is 0. The summed E-state index contributed by atoms with van der Waals surface area (Å²) in [6.45, 7) is 8.10. The van der Waals surface area contributed by atoms with E-state index in [9.17, 15) is 9.59 Å². The van der Waals surface area contributed by atoms with Gasteiger partial charge in [0.05, 0.1) is 11.3 Å². The number of aryl methyl sites for hydroxylation is 1. The first-order valence-corrected chi connectivity index (χ1v) is 9.51. The van der Waals surface area contributed by atoms with E-state index < -0.39 is 5.41 Å². The van der Waals surface area contributed by atoms with Gasteiger partial charge >= 0.3 is 0 Å². The van der Waals surface area contributed by atoms with Gasteiger partial charge < -0.3 is 15.6 Å². The molecule has 2 aromatic carbocycles. The van der Waals surface area contributed by atoms with Crippen LogP contribution >= 0.6 is 0 Å². The zero-order valence-corrected chi connectivity index (χ0v) is 16.8. The van der Waals surface area contributed by atoms with Crippen LogP contribution in [0.2, 0.25) is 0 Å². The second-order valence-electron chi connectivity index (χ2n) is 8.12. The van der Waals surface area contributed by atoms with Crippen molar-refractivity contribution in [3.8, 4) is 0 Å². The maximum atomic E-state index is 12.7. The Hall–Kier alpha value is -3.08. The molecule has 2 amide bonds. The van der Waals surface area contributed by atoms with E-state index in [1.807, 2.05) is 33.0 Å². The number of benzene rings is 2. The monoisotopic (exact) mass is 377 g/mol. The van der Waals surface area contributed by atoms with Gasteiger partial charge in [0.15, 0.2) is 0 Å². The average molecular weight is 377 g/mol. The molecule has 5 heteroatoms. The molecule has 0 bridgehead atoms. The molecule has 3 rings (SSSR count). The summed E-state index contributed by atoms with van der Waals surface area (Å²) in [4.78, 5) is 28.2. The van der Waals surface area contributed by atoms with Crippen molar-refractivity contribution in [3.05, 3.63) is 65.4 Å². The molecule has 28 heavy (non-hydrogen) atoms. The minimum atomic E-state index is -0.530. The first-order valence-electron chi connectivity index (χ1n) is 9.51. The SMILES string of the molecule is Cc1ccc2c(CCNC(=O)c3ccccc3NC(=O)C(C)(C)C)c[nH]c2c1. The van der Waals surface area contributed by atoms with Gasteiger partial charge in [-0.3, -0.25) is 9.59 Å². The van der Waals surface area contributed by atoms with Crippen molar-refractivity contribution in [1.82, 2.24) is 10.3 Å². The van der Waals surface area contributed by atoms with Crippen LogP contribution in [0.25, 0.3) is 10.9 Å². The topological polar surface area (TPSA) is 74.0 Å². The molecular weight excluding hydrogens is 350 g/mol. The zero-order chi connectivity index (χ0) is 20.3. The number of hydrogen-bond acceptors (Lipinski definition) is 2. The molecule has 3 N–H and O–H groups in total. The fraction of sp³-hybridized carbons (Fsp3) is 0.304. The number of carbonyl (C=O) groups excluding carboxylic acids is 2. The highest BCUT2D eigenvalue weighted by molar-refractivity contribution is 6.04. The average Bonchev–Trinajstić information content (AvgIpc) is 3.03. The van der Waals surface area contributed by atoms with E-state index in [0.717, 1.165) is 11.9 Å². The first-order chi connectivity index (χ1) is 13.3. The van der Waals surface area contributed by atoms with E-state index in [-0.39, 0.29) is 11.8 Å². The fourth-order valence-corrected chi connectivity index (χ4v) is 3.01. The van der Waals surface area contributed by atoms with Gasteiger partial charge in [-0.2, -0.15) is 0 Å². The summed E-state index contributed by atoms with van der Waals surface area (Å²) in [7, 11) is 0. The predicted octanol–water partition coefficient (Wildman–Crippen LogP) is 4.43. The number of aromatic amines is 1. The first kappa shape index (κ1) is 19.7. The minimum absolute atomic E-state index is 0.123. The molecule has 1 aromatic heterocycles. The van der Waals surface area contributed by atoms with Crippen molar-refractivity contribution in [1.29, 1.82) is 0 Å². The highest BCUT2D eigenvalue weighted by Gasteiger charge is 2.23. The Balaban J connectivity index is 1.66. The van der Waals surface area contributed by atoms with E-state index in [0.29, 0.717) is 17.8 Å². The molecule has 5 nitrogen and oxygen atoms in total. The molecule has 0 saturated carbocycles. The van der Waals surface area contributed by atoms with Crippen LogP contribution < -0.4 is 10.6 Å². The molecule has 0 fully saturated rings. The molecule has 0 aliphatic rings. The quantitative estimate of drug-likeness (QED) is 0.615. The molecule has 1 heterocycles. The number of fused-ring (bicyclic) bond motifs is 1. The standard InChI is InChI=1S/C23H27N3O2/c1-15-9-10-17-16(14-25-20(17)13-15)11-12-24-21(27)18-7-5-6-8-19(18)26-22(28)23(2,3)4/h5-10,13-14,25H,11-12H2,1-4H3,(H,24,27)(H,26,28). The molecule has 0 spiro atoms. The van der Waals surface area contributed by atoms with Gasteiger partial charge in [-0.05, 0) is 42.7 Å². The number of amides is 2. The largest absolute Gasteiger partial charge is 0.361 e. The summed E-state index contributed by atoms with van der Waals surface area (Å²) in [6.07, 6.45) is 2.72. The van der Waals surface area contributed by atoms with E-state index in [2.05, 4.69) is 40.7 Å².